The van der Waals surface area contributed by atoms with E-state index in [2.05, 4.69) is 12.1 Å². The lowest BCUT2D eigenvalue weighted by atomic mass is 10.0. The van der Waals surface area contributed by atoms with Crippen molar-refractivity contribution in [2.45, 2.75) is 25.3 Å². The van der Waals surface area contributed by atoms with Crippen LogP contribution in [0.2, 0.25) is 0 Å². The van der Waals surface area contributed by atoms with Crippen LogP contribution < -0.4 is 4.31 Å². The Morgan fingerprint density at radius 3 is 2.65 bits per heavy atom. The molecule has 0 saturated carbocycles. The van der Waals surface area contributed by atoms with Crippen molar-refractivity contribution in [1.82, 2.24) is 4.90 Å². The van der Waals surface area contributed by atoms with E-state index >= 15 is 0 Å². The summed E-state index contributed by atoms with van der Waals surface area (Å²) in [7, 11) is -1.42. The van der Waals surface area contributed by atoms with Crippen molar-refractivity contribution < 1.29 is 13.2 Å². The monoisotopic (exact) mass is 370 g/mol. The van der Waals surface area contributed by atoms with Crippen LogP contribution in [0.15, 0.2) is 42.5 Å². The Balaban J connectivity index is 1.60. The van der Waals surface area contributed by atoms with Crippen LogP contribution in [-0.2, 0) is 22.9 Å². The molecule has 0 radical (unpaired) electrons. The molecule has 136 valence electrons. The highest BCUT2D eigenvalue weighted by Gasteiger charge is 2.31. The first-order chi connectivity index (χ1) is 12.4. The summed E-state index contributed by atoms with van der Waals surface area (Å²) in [4.78, 5) is 14.8. The van der Waals surface area contributed by atoms with Crippen molar-refractivity contribution in [3.05, 3.63) is 64.7 Å². The summed E-state index contributed by atoms with van der Waals surface area (Å²) in [5.74, 6) is -0.0210. The quantitative estimate of drug-likeness (QED) is 0.835. The number of hydrogen-bond donors (Lipinski definition) is 0. The molecule has 0 fully saturated rings. The van der Waals surface area contributed by atoms with E-state index in [9.17, 15) is 13.2 Å². The van der Waals surface area contributed by atoms with Crippen LogP contribution in [0.1, 0.15) is 39.5 Å². The highest BCUT2D eigenvalue weighted by atomic mass is 32.2. The second kappa shape index (κ2) is 6.13. The van der Waals surface area contributed by atoms with E-state index in [4.69, 9.17) is 0 Å². The minimum atomic E-state index is -3.27. The molecule has 2 aromatic carbocycles. The minimum absolute atomic E-state index is 0.0210. The average Bonchev–Trinajstić information content (AvgIpc) is 3.23. The van der Waals surface area contributed by atoms with Gasteiger partial charge in [0.25, 0.3) is 5.91 Å². The van der Waals surface area contributed by atoms with Gasteiger partial charge in [0, 0.05) is 19.2 Å². The number of aryl methyl sites for hydroxylation is 1. The molecule has 0 N–H and O–H groups in total. The maximum absolute atomic E-state index is 13.0. The molecule has 1 unspecified atom stereocenters. The second-order valence-corrected chi connectivity index (χ2v) is 9.00. The number of carbonyl (C=O) groups excluding carboxylic acids is 1. The Morgan fingerprint density at radius 2 is 1.88 bits per heavy atom. The predicted molar refractivity (Wildman–Crippen MR) is 102 cm³/mol. The molecular formula is C20H22N2O3S. The van der Waals surface area contributed by atoms with E-state index in [0.717, 1.165) is 18.4 Å². The first kappa shape index (κ1) is 17.1. The molecule has 0 bridgehead atoms. The lowest BCUT2D eigenvalue weighted by Gasteiger charge is -2.26. The van der Waals surface area contributed by atoms with Crippen molar-refractivity contribution in [2.24, 2.45) is 0 Å². The van der Waals surface area contributed by atoms with E-state index in [1.165, 1.54) is 21.7 Å². The molecule has 1 heterocycles. The van der Waals surface area contributed by atoms with Gasteiger partial charge < -0.3 is 4.90 Å². The average molecular weight is 370 g/mol. The van der Waals surface area contributed by atoms with Gasteiger partial charge in [-0.05, 0) is 54.2 Å². The number of sulfonamides is 1. The largest absolute Gasteiger partial charge is 0.335 e. The molecule has 5 nitrogen and oxygen atoms in total. The second-order valence-electron chi connectivity index (χ2n) is 7.10. The number of hydrogen-bond acceptors (Lipinski definition) is 3. The molecule has 0 saturated heterocycles. The molecule has 1 aliphatic carbocycles. The summed E-state index contributed by atoms with van der Waals surface area (Å²) >= 11 is 0. The van der Waals surface area contributed by atoms with Gasteiger partial charge in [-0.15, -0.1) is 0 Å². The molecule has 2 aliphatic rings. The number of benzene rings is 2. The Morgan fingerprint density at radius 1 is 1.12 bits per heavy atom. The van der Waals surface area contributed by atoms with E-state index in [0.29, 0.717) is 24.2 Å². The summed E-state index contributed by atoms with van der Waals surface area (Å²) in [6, 6.07) is 13.7. The minimum Gasteiger partial charge on any atom is -0.335 e. The van der Waals surface area contributed by atoms with Crippen LogP contribution in [0.4, 0.5) is 5.69 Å². The number of nitrogens with zero attached hydrogens (tertiary/aromatic N) is 2. The molecule has 1 amide bonds. The smallest absolute Gasteiger partial charge is 0.254 e. The van der Waals surface area contributed by atoms with Crippen LogP contribution in [0, 0.1) is 0 Å². The summed E-state index contributed by atoms with van der Waals surface area (Å²) in [6.07, 6.45) is 3.78. The molecule has 1 aliphatic heterocycles. The first-order valence-electron chi connectivity index (χ1n) is 8.82. The van der Waals surface area contributed by atoms with E-state index in [-0.39, 0.29) is 11.9 Å². The molecule has 26 heavy (non-hydrogen) atoms. The van der Waals surface area contributed by atoms with Gasteiger partial charge in [0.1, 0.15) is 0 Å². The predicted octanol–water partition coefficient (Wildman–Crippen LogP) is 2.77. The molecule has 0 spiro atoms. The Bertz CT molecular complexity index is 984. The van der Waals surface area contributed by atoms with Gasteiger partial charge >= 0.3 is 0 Å². The molecule has 4 rings (SSSR count). The van der Waals surface area contributed by atoms with E-state index < -0.39 is 10.0 Å². The first-order valence-corrected chi connectivity index (χ1v) is 10.7. The summed E-state index contributed by atoms with van der Waals surface area (Å²) in [5, 5.41) is 0. The Hall–Kier alpha value is -2.34. The van der Waals surface area contributed by atoms with Crippen molar-refractivity contribution in [1.29, 1.82) is 0 Å². The van der Waals surface area contributed by atoms with E-state index in [1.54, 1.807) is 12.1 Å². The number of fused-ring (bicyclic) bond motifs is 2. The molecule has 6 heteroatoms. The fourth-order valence-electron chi connectivity index (χ4n) is 4.13. The standard InChI is InChI=1S/C20H22N2O3S/c1-21(19-10-7-14-5-3-4-6-17(14)19)20(23)16-8-9-18-15(13-16)11-12-22(18)26(2,24)25/h3-6,8-9,13,19H,7,10-12H2,1-2H3. The lowest BCUT2D eigenvalue weighted by Crippen LogP contribution is -2.30. The zero-order valence-corrected chi connectivity index (χ0v) is 15.8. The van der Waals surface area contributed by atoms with Crippen LogP contribution in [0.25, 0.3) is 0 Å². The van der Waals surface area contributed by atoms with Crippen molar-refractivity contribution in [3.8, 4) is 0 Å². The topological polar surface area (TPSA) is 57.7 Å². The fourth-order valence-corrected chi connectivity index (χ4v) is 5.09. The summed E-state index contributed by atoms with van der Waals surface area (Å²) in [5.41, 5.74) is 4.77. The Kier molecular flexibility index (Phi) is 4.03. The molecular weight excluding hydrogens is 348 g/mol. The van der Waals surface area contributed by atoms with E-state index in [1.807, 2.05) is 30.1 Å². The third-order valence-electron chi connectivity index (χ3n) is 5.47. The zero-order valence-electron chi connectivity index (χ0n) is 15.0. The number of carbonyl (C=O) groups is 1. The maximum Gasteiger partial charge on any atom is 0.254 e. The van der Waals surface area contributed by atoms with Crippen LogP contribution in [0.3, 0.4) is 0 Å². The summed E-state index contributed by atoms with van der Waals surface area (Å²) < 4.78 is 25.1. The van der Waals surface area contributed by atoms with Crippen molar-refractivity contribution in [2.75, 3.05) is 24.2 Å². The Labute approximate surface area is 154 Å². The van der Waals surface area contributed by atoms with Gasteiger partial charge in [-0.2, -0.15) is 0 Å². The lowest BCUT2D eigenvalue weighted by molar-refractivity contribution is 0.0730. The van der Waals surface area contributed by atoms with Gasteiger partial charge in [0.05, 0.1) is 18.0 Å². The number of anilines is 1. The molecule has 1 atom stereocenters. The van der Waals surface area contributed by atoms with Gasteiger partial charge in [-0.1, -0.05) is 24.3 Å². The van der Waals surface area contributed by atoms with Crippen LogP contribution >= 0.6 is 0 Å². The fraction of sp³-hybridized carbons (Fsp3) is 0.350. The van der Waals surface area contributed by atoms with Gasteiger partial charge in [-0.25, -0.2) is 8.42 Å². The SMILES string of the molecule is CN(C(=O)c1ccc2c(c1)CCN2S(C)(=O)=O)C1CCc2ccccc21. The van der Waals surface area contributed by atoms with Crippen molar-refractivity contribution >= 4 is 21.6 Å². The molecule has 0 aromatic heterocycles. The van der Waals surface area contributed by atoms with Gasteiger partial charge in [0.2, 0.25) is 10.0 Å². The van der Waals surface area contributed by atoms with Gasteiger partial charge in [0.15, 0.2) is 0 Å². The highest BCUT2D eigenvalue weighted by Crippen LogP contribution is 2.36. The molecule has 2 aromatic rings. The van der Waals surface area contributed by atoms with Gasteiger partial charge in [-0.3, -0.25) is 9.10 Å². The maximum atomic E-state index is 13.0. The normalized spacial score (nSPS) is 18.5. The number of amides is 1. The van der Waals surface area contributed by atoms with Crippen LogP contribution in [0.5, 0.6) is 0 Å². The van der Waals surface area contributed by atoms with Crippen molar-refractivity contribution in [3.63, 3.8) is 0 Å². The third kappa shape index (κ3) is 2.78. The zero-order chi connectivity index (χ0) is 18.5. The third-order valence-corrected chi connectivity index (χ3v) is 6.65. The summed E-state index contributed by atoms with van der Waals surface area (Å²) in [6.45, 7) is 0.442. The highest BCUT2D eigenvalue weighted by molar-refractivity contribution is 7.92. The number of rotatable bonds is 3. The van der Waals surface area contributed by atoms with Crippen LogP contribution in [-0.4, -0.2) is 39.1 Å².